The SMILES string of the molecule is Cc1c(C)c(C)c2c(c1C)Cc1c(C)c(C)c(C)c(C)c1N2c1cccnc1Br. The summed E-state index contributed by atoms with van der Waals surface area (Å²) in [5.41, 5.74) is 17.8. The van der Waals surface area contributed by atoms with Gasteiger partial charge in [-0.15, -0.1) is 0 Å². The van der Waals surface area contributed by atoms with Crippen LogP contribution >= 0.6 is 15.9 Å². The van der Waals surface area contributed by atoms with Crippen molar-refractivity contribution in [1.29, 1.82) is 0 Å². The van der Waals surface area contributed by atoms with Gasteiger partial charge in [-0.3, -0.25) is 0 Å². The van der Waals surface area contributed by atoms with E-state index in [9.17, 15) is 0 Å². The van der Waals surface area contributed by atoms with Crippen molar-refractivity contribution in [2.75, 3.05) is 4.90 Å². The molecule has 0 N–H and O–H groups in total. The molecule has 0 aliphatic carbocycles. The first-order valence-electron chi connectivity index (χ1n) is 10.3. The molecule has 1 aromatic heterocycles. The minimum absolute atomic E-state index is 0.879. The van der Waals surface area contributed by atoms with Crippen LogP contribution in [-0.4, -0.2) is 4.98 Å². The predicted molar refractivity (Wildman–Crippen MR) is 127 cm³/mol. The van der Waals surface area contributed by atoms with Gasteiger partial charge >= 0.3 is 0 Å². The van der Waals surface area contributed by atoms with E-state index in [0.717, 1.165) is 16.7 Å². The van der Waals surface area contributed by atoms with Crippen LogP contribution in [0.3, 0.4) is 0 Å². The standard InChI is InChI=1S/C26H29BrN2/c1-13-15(3)19(7)24-21(17(13)5)12-22-18(6)14(2)16(4)20(8)25(22)29(24)23-10-9-11-28-26(23)27/h9-11H,12H2,1-8H3. The lowest BCUT2D eigenvalue weighted by atomic mass is 9.81. The number of rotatable bonds is 1. The third kappa shape index (κ3) is 2.78. The molecule has 3 aromatic rings. The van der Waals surface area contributed by atoms with Crippen LogP contribution < -0.4 is 4.90 Å². The third-order valence-corrected chi connectivity index (χ3v) is 7.95. The summed E-state index contributed by atoms with van der Waals surface area (Å²) in [4.78, 5) is 7.03. The largest absolute Gasteiger partial charge is 0.307 e. The second-order valence-corrected chi connectivity index (χ2v) is 9.23. The summed E-state index contributed by atoms with van der Waals surface area (Å²) in [6.07, 6.45) is 2.83. The van der Waals surface area contributed by atoms with Gasteiger partial charge in [0, 0.05) is 12.6 Å². The van der Waals surface area contributed by atoms with Gasteiger partial charge in [0.1, 0.15) is 4.60 Å². The van der Waals surface area contributed by atoms with E-state index in [1.54, 1.807) is 0 Å². The normalized spacial score (nSPS) is 12.8. The van der Waals surface area contributed by atoms with Crippen molar-refractivity contribution in [3.8, 4) is 0 Å². The molecular formula is C26H29BrN2. The quantitative estimate of drug-likeness (QED) is 0.277. The molecule has 29 heavy (non-hydrogen) atoms. The Labute approximate surface area is 183 Å². The topological polar surface area (TPSA) is 16.1 Å². The zero-order valence-electron chi connectivity index (χ0n) is 18.7. The molecule has 0 fully saturated rings. The number of pyridine rings is 1. The number of hydrogen-bond acceptors (Lipinski definition) is 2. The average molecular weight is 449 g/mol. The summed E-state index contributed by atoms with van der Waals surface area (Å²) in [7, 11) is 0. The van der Waals surface area contributed by atoms with E-state index in [-0.39, 0.29) is 0 Å². The van der Waals surface area contributed by atoms with E-state index < -0.39 is 0 Å². The first kappa shape index (κ1) is 20.2. The number of nitrogens with zero attached hydrogens (tertiary/aromatic N) is 2. The molecule has 2 nitrogen and oxygen atoms in total. The molecular weight excluding hydrogens is 420 g/mol. The minimum Gasteiger partial charge on any atom is -0.307 e. The summed E-state index contributed by atoms with van der Waals surface area (Å²) in [5.74, 6) is 0. The van der Waals surface area contributed by atoms with Gasteiger partial charge in [0.25, 0.3) is 0 Å². The highest BCUT2D eigenvalue weighted by Gasteiger charge is 2.33. The second-order valence-electron chi connectivity index (χ2n) is 8.48. The van der Waals surface area contributed by atoms with Crippen LogP contribution in [0.2, 0.25) is 0 Å². The van der Waals surface area contributed by atoms with Gasteiger partial charge in [-0.2, -0.15) is 0 Å². The molecule has 2 aromatic carbocycles. The van der Waals surface area contributed by atoms with Crippen LogP contribution in [0.5, 0.6) is 0 Å². The lowest BCUT2D eigenvalue weighted by Crippen LogP contribution is -2.24. The molecule has 1 aliphatic heterocycles. The summed E-state index contributed by atoms with van der Waals surface area (Å²) in [5, 5.41) is 0. The summed E-state index contributed by atoms with van der Waals surface area (Å²) < 4.78 is 0.879. The molecule has 0 atom stereocenters. The minimum atomic E-state index is 0.879. The van der Waals surface area contributed by atoms with E-state index in [0.29, 0.717) is 0 Å². The summed E-state index contributed by atoms with van der Waals surface area (Å²) in [6.45, 7) is 18.1. The Kier molecular flexibility index (Phi) is 4.85. The smallest absolute Gasteiger partial charge is 0.130 e. The second kappa shape index (κ2) is 6.98. The van der Waals surface area contributed by atoms with E-state index in [4.69, 9.17) is 0 Å². The van der Waals surface area contributed by atoms with Crippen LogP contribution in [0.4, 0.5) is 17.1 Å². The number of aromatic nitrogens is 1. The van der Waals surface area contributed by atoms with Crippen molar-refractivity contribution in [3.05, 3.63) is 78.6 Å². The maximum absolute atomic E-state index is 4.56. The fourth-order valence-corrected chi connectivity index (χ4v) is 5.28. The molecule has 0 saturated carbocycles. The maximum atomic E-state index is 4.56. The van der Waals surface area contributed by atoms with E-state index in [2.05, 4.69) is 87.3 Å². The van der Waals surface area contributed by atoms with Crippen LogP contribution in [-0.2, 0) is 6.42 Å². The Hall–Kier alpha value is -2.13. The monoisotopic (exact) mass is 448 g/mol. The highest BCUT2D eigenvalue weighted by atomic mass is 79.9. The number of benzene rings is 2. The molecule has 0 spiro atoms. The Bertz CT molecular complexity index is 1110. The van der Waals surface area contributed by atoms with Gasteiger partial charge < -0.3 is 4.90 Å². The summed E-state index contributed by atoms with van der Waals surface area (Å²) in [6, 6.07) is 4.20. The maximum Gasteiger partial charge on any atom is 0.130 e. The third-order valence-electron chi connectivity index (χ3n) is 7.34. The molecule has 150 valence electrons. The van der Waals surface area contributed by atoms with Crippen LogP contribution in [0, 0.1) is 55.4 Å². The van der Waals surface area contributed by atoms with Crippen molar-refractivity contribution < 1.29 is 0 Å². The molecule has 0 saturated heterocycles. The number of hydrogen-bond donors (Lipinski definition) is 0. The van der Waals surface area contributed by atoms with Gasteiger partial charge in [-0.1, -0.05) is 0 Å². The number of halogens is 1. The molecule has 2 heterocycles. The van der Waals surface area contributed by atoms with Gasteiger partial charge in [0.05, 0.1) is 17.1 Å². The lowest BCUT2D eigenvalue weighted by Gasteiger charge is -2.39. The first-order chi connectivity index (χ1) is 13.7. The Morgan fingerprint density at radius 3 is 1.59 bits per heavy atom. The number of anilines is 3. The highest BCUT2D eigenvalue weighted by Crippen LogP contribution is 2.52. The zero-order valence-corrected chi connectivity index (χ0v) is 20.3. The summed E-state index contributed by atoms with van der Waals surface area (Å²) >= 11 is 3.73. The Morgan fingerprint density at radius 2 is 1.14 bits per heavy atom. The van der Waals surface area contributed by atoms with Crippen LogP contribution in [0.15, 0.2) is 22.9 Å². The van der Waals surface area contributed by atoms with Gasteiger partial charge in [0.15, 0.2) is 0 Å². The van der Waals surface area contributed by atoms with Gasteiger partial charge in [-0.05, 0) is 139 Å². The zero-order chi connectivity index (χ0) is 21.2. The van der Waals surface area contributed by atoms with Gasteiger partial charge in [0.2, 0.25) is 0 Å². The average Bonchev–Trinajstić information content (AvgIpc) is 2.72. The van der Waals surface area contributed by atoms with Crippen molar-refractivity contribution in [3.63, 3.8) is 0 Å². The van der Waals surface area contributed by atoms with E-state index in [1.165, 1.54) is 67.0 Å². The van der Waals surface area contributed by atoms with Crippen LogP contribution in [0.1, 0.15) is 55.6 Å². The van der Waals surface area contributed by atoms with Gasteiger partial charge in [-0.25, -0.2) is 4.98 Å². The fourth-order valence-electron chi connectivity index (χ4n) is 4.85. The molecule has 0 radical (unpaired) electrons. The van der Waals surface area contributed by atoms with Crippen molar-refractivity contribution in [1.82, 2.24) is 4.98 Å². The van der Waals surface area contributed by atoms with Crippen molar-refractivity contribution >= 4 is 33.0 Å². The molecule has 0 amide bonds. The van der Waals surface area contributed by atoms with Crippen LogP contribution in [0.25, 0.3) is 0 Å². The Morgan fingerprint density at radius 1 is 0.690 bits per heavy atom. The predicted octanol–water partition coefficient (Wildman–Crippen LogP) is 7.69. The molecule has 3 heteroatoms. The number of fused-ring (bicyclic) bond motifs is 2. The molecule has 1 aliphatic rings. The highest BCUT2D eigenvalue weighted by molar-refractivity contribution is 9.10. The first-order valence-corrected chi connectivity index (χ1v) is 11.0. The molecule has 0 bridgehead atoms. The fraction of sp³-hybridized carbons (Fsp3) is 0.346. The Balaban J connectivity index is 2.20. The van der Waals surface area contributed by atoms with Crippen molar-refractivity contribution in [2.45, 2.75) is 61.8 Å². The molecule has 0 unspecified atom stereocenters. The lowest BCUT2D eigenvalue weighted by molar-refractivity contribution is 0.991. The van der Waals surface area contributed by atoms with E-state index in [1.807, 2.05) is 12.3 Å². The molecule has 4 rings (SSSR count). The van der Waals surface area contributed by atoms with Crippen molar-refractivity contribution in [2.24, 2.45) is 0 Å². The van der Waals surface area contributed by atoms with E-state index >= 15 is 0 Å².